The van der Waals surface area contributed by atoms with E-state index >= 15 is 0 Å². The number of carbonyl (C=O) groups excluding carboxylic acids is 1. The molecular formula is C13H22O3S. The summed E-state index contributed by atoms with van der Waals surface area (Å²) >= 11 is 0. The van der Waals surface area contributed by atoms with Crippen molar-refractivity contribution in [3.63, 3.8) is 0 Å². The molecule has 2 fully saturated rings. The highest BCUT2D eigenvalue weighted by atomic mass is 32.2. The Morgan fingerprint density at radius 2 is 1.94 bits per heavy atom. The lowest BCUT2D eigenvalue weighted by Gasteiger charge is -2.37. The van der Waals surface area contributed by atoms with E-state index in [0.717, 1.165) is 32.1 Å². The molecule has 2 heterocycles. The Hall–Kier alpha value is -0.220. The van der Waals surface area contributed by atoms with E-state index < -0.39 is 10.8 Å². The van der Waals surface area contributed by atoms with Gasteiger partial charge in [0.2, 0.25) is 0 Å². The molecule has 0 N–H and O–H groups in total. The first-order chi connectivity index (χ1) is 8.22. The number of rotatable bonds is 5. The van der Waals surface area contributed by atoms with E-state index in [1.807, 2.05) is 0 Å². The quantitative estimate of drug-likeness (QED) is 0.709. The Labute approximate surface area is 106 Å². The SMILES string of the molecule is COCCCC(=O)C1CC2CCCC(C1)S2=O. The molecule has 0 aromatic rings. The maximum atomic E-state index is 12.1. The fourth-order valence-electron chi connectivity index (χ4n) is 3.09. The number of hydrogen-bond donors (Lipinski definition) is 0. The minimum Gasteiger partial charge on any atom is -0.385 e. The lowest BCUT2D eigenvalue weighted by Crippen LogP contribution is -2.41. The molecule has 0 aromatic carbocycles. The van der Waals surface area contributed by atoms with Crippen LogP contribution in [-0.2, 0) is 20.3 Å². The van der Waals surface area contributed by atoms with Crippen molar-refractivity contribution in [1.82, 2.24) is 0 Å². The van der Waals surface area contributed by atoms with Crippen LogP contribution in [0.15, 0.2) is 0 Å². The fourth-order valence-corrected chi connectivity index (χ4v) is 5.28. The van der Waals surface area contributed by atoms with Gasteiger partial charge in [0.05, 0.1) is 0 Å². The molecule has 2 rings (SSSR count). The maximum absolute atomic E-state index is 12.1. The number of ketones is 1. The Morgan fingerprint density at radius 3 is 2.53 bits per heavy atom. The molecule has 0 aromatic heterocycles. The molecule has 2 atom stereocenters. The zero-order chi connectivity index (χ0) is 12.3. The van der Waals surface area contributed by atoms with E-state index in [4.69, 9.17) is 4.74 Å². The van der Waals surface area contributed by atoms with Gasteiger partial charge in [-0.1, -0.05) is 6.42 Å². The van der Waals surface area contributed by atoms with Crippen molar-refractivity contribution in [2.45, 2.75) is 55.4 Å². The summed E-state index contributed by atoms with van der Waals surface area (Å²) < 4.78 is 17.0. The van der Waals surface area contributed by atoms with Gasteiger partial charge in [0.15, 0.2) is 0 Å². The molecule has 0 spiro atoms. The van der Waals surface area contributed by atoms with Crippen LogP contribution in [0.25, 0.3) is 0 Å². The molecular weight excluding hydrogens is 236 g/mol. The Bertz CT molecular complexity index is 287. The van der Waals surface area contributed by atoms with Crippen LogP contribution in [0.5, 0.6) is 0 Å². The second-order valence-corrected chi connectivity index (χ2v) is 7.22. The highest BCUT2D eigenvalue weighted by Crippen LogP contribution is 2.37. The van der Waals surface area contributed by atoms with Gasteiger partial charge in [-0.15, -0.1) is 0 Å². The van der Waals surface area contributed by atoms with Gasteiger partial charge in [-0.3, -0.25) is 9.00 Å². The Kier molecular flexibility index (Phi) is 4.74. The third-order valence-corrected chi connectivity index (χ3v) is 6.20. The summed E-state index contributed by atoms with van der Waals surface area (Å²) in [6.07, 6.45) is 6.51. The van der Waals surface area contributed by atoms with Crippen LogP contribution in [0.3, 0.4) is 0 Å². The first-order valence-electron chi connectivity index (χ1n) is 6.63. The monoisotopic (exact) mass is 258 g/mol. The summed E-state index contributed by atoms with van der Waals surface area (Å²) in [5.41, 5.74) is 0. The van der Waals surface area contributed by atoms with Crippen molar-refractivity contribution in [2.24, 2.45) is 5.92 Å². The predicted octanol–water partition coefficient (Wildman–Crippen LogP) is 2.06. The van der Waals surface area contributed by atoms with Crippen LogP contribution in [0.2, 0.25) is 0 Å². The third kappa shape index (κ3) is 3.16. The van der Waals surface area contributed by atoms with E-state index in [1.165, 1.54) is 6.42 Å². The molecule has 0 amide bonds. The minimum atomic E-state index is -0.657. The molecule has 0 radical (unpaired) electrons. The molecule has 2 saturated heterocycles. The summed E-state index contributed by atoms with van der Waals surface area (Å²) in [5.74, 6) is 0.551. The Morgan fingerprint density at radius 1 is 1.29 bits per heavy atom. The van der Waals surface area contributed by atoms with Crippen LogP contribution in [-0.4, -0.2) is 34.2 Å². The summed E-state index contributed by atoms with van der Waals surface area (Å²) in [4.78, 5) is 12.1. The number of fused-ring (bicyclic) bond motifs is 2. The topological polar surface area (TPSA) is 43.4 Å². The van der Waals surface area contributed by atoms with Crippen LogP contribution in [0.1, 0.15) is 44.9 Å². The van der Waals surface area contributed by atoms with Crippen molar-refractivity contribution in [1.29, 1.82) is 0 Å². The summed E-state index contributed by atoms with van der Waals surface area (Å²) in [6, 6.07) is 0. The van der Waals surface area contributed by atoms with Crippen molar-refractivity contribution >= 4 is 16.6 Å². The second-order valence-electron chi connectivity index (χ2n) is 5.23. The summed E-state index contributed by atoms with van der Waals surface area (Å²) in [6.45, 7) is 0.664. The standard InChI is InChI=1S/C13H22O3S/c1-16-7-3-6-13(14)10-8-11-4-2-5-12(9-10)17(11)15/h10-12H,2-9H2,1H3. The van der Waals surface area contributed by atoms with E-state index in [1.54, 1.807) is 7.11 Å². The molecule has 2 aliphatic rings. The van der Waals surface area contributed by atoms with E-state index in [9.17, 15) is 9.00 Å². The van der Waals surface area contributed by atoms with Gasteiger partial charge in [0.25, 0.3) is 0 Å². The molecule has 0 aliphatic carbocycles. The summed E-state index contributed by atoms with van der Waals surface area (Å²) in [5, 5.41) is 0.609. The number of Topliss-reactive ketones (excluding diaryl/α,β-unsaturated/α-hetero) is 1. The predicted molar refractivity (Wildman–Crippen MR) is 68.4 cm³/mol. The largest absolute Gasteiger partial charge is 0.385 e. The Balaban J connectivity index is 1.86. The van der Waals surface area contributed by atoms with Gasteiger partial charge in [-0.2, -0.15) is 0 Å². The molecule has 4 heteroatoms. The highest BCUT2D eigenvalue weighted by Gasteiger charge is 2.39. The van der Waals surface area contributed by atoms with E-state index in [2.05, 4.69) is 0 Å². The molecule has 98 valence electrons. The highest BCUT2D eigenvalue weighted by molar-refractivity contribution is 7.86. The average Bonchev–Trinajstić information content (AvgIpc) is 2.28. The maximum Gasteiger partial charge on any atom is 0.136 e. The van der Waals surface area contributed by atoms with Crippen LogP contribution in [0.4, 0.5) is 0 Å². The van der Waals surface area contributed by atoms with Crippen molar-refractivity contribution in [3.05, 3.63) is 0 Å². The molecule has 2 unspecified atom stereocenters. The second kappa shape index (κ2) is 6.10. The summed E-state index contributed by atoms with van der Waals surface area (Å²) in [7, 11) is 1.01. The molecule has 2 aliphatic heterocycles. The average molecular weight is 258 g/mol. The van der Waals surface area contributed by atoms with Gasteiger partial charge >= 0.3 is 0 Å². The lowest BCUT2D eigenvalue weighted by molar-refractivity contribution is -0.123. The van der Waals surface area contributed by atoms with Crippen LogP contribution in [0, 0.1) is 5.92 Å². The van der Waals surface area contributed by atoms with Gasteiger partial charge < -0.3 is 4.74 Å². The molecule has 2 bridgehead atoms. The van der Waals surface area contributed by atoms with Gasteiger partial charge in [-0.05, 0) is 32.1 Å². The van der Waals surface area contributed by atoms with Gasteiger partial charge in [-0.25, -0.2) is 0 Å². The van der Waals surface area contributed by atoms with Crippen molar-refractivity contribution in [3.8, 4) is 0 Å². The molecule has 0 saturated carbocycles. The number of hydrogen-bond acceptors (Lipinski definition) is 3. The van der Waals surface area contributed by atoms with E-state index in [-0.39, 0.29) is 5.92 Å². The minimum absolute atomic E-state index is 0.180. The van der Waals surface area contributed by atoms with Gasteiger partial charge in [0, 0.05) is 47.4 Å². The molecule has 3 nitrogen and oxygen atoms in total. The number of methoxy groups -OCH3 is 1. The van der Waals surface area contributed by atoms with E-state index in [0.29, 0.717) is 29.3 Å². The van der Waals surface area contributed by atoms with Crippen molar-refractivity contribution in [2.75, 3.05) is 13.7 Å². The van der Waals surface area contributed by atoms with Crippen LogP contribution < -0.4 is 0 Å². The van der Waals surface area contributed by atoms with Gasteiger partial charge in [0.1, 0.15) is 5.78 Å². The van der Waals surface area contributed by atoms with Crippen LogP contribution >= 0.6 is 0 Å². The first-order valence-corrected chi connectivity index (χ1v) is 7.91. The fraction of sp³-hybridized carbons (Fsp3) is 0.923. The zero-order valence-electron chi connectivity index (χ0n) is 10.5. The first kappa shape index (κ1) is 13.2. The smallest absolute Gasteiger partial charge is 0.136 e. The van der Waals surface area contributed by atoms with Crippen molar-refractivity contribution < 1.29 is 13.7 Å². The number of carbonyl (C=O) groups is 1. The third-order valence-electron chi connectivity index (χ3n) is 4.03. The lowest BCUT2D eigenvalue weighted by atomic mass is 9.85. The normalized spacial score (nSPS) is 36.8. The zero-order valence-corrected chi connectivity index (χ0v) is 11.3. The number of ether oxygens (including phenoxy) is 1. The molecule has 17 heavy (non-hydrogen) atoms.